The van der Waals surface area contributed by atoms with Gasteiger partial charge < -0.3 is 21.5 Å². The number of amides is 3. The van der Waals surface area contributed by atoms with Crippen molar-refractivity contribution in [1.82, 2.24) is 5.32 Å². The zero-order chi connectivity index (χ0) is 15.1. The third-order valence-electron chi connectivity index (χ3n) is 2.64. The van der Waals surface area contributed by atoms with E-state index in [2.05, 4.69) is 10.6 Å². The number of carboxylic acids is 1. The Morgan fingerprint density at radius 1 is 1.25 bits per heavy atom. The standard InChI is InChI=1S/C13H17N3O4/c1-8(6-12(18)19)9-2-4-10(5-3-9)16-13(20)15-7-11(14)17/h2-5,8H,6-7H2,1H3,(H2,14,17)(H,18,19)(H2,15,16,20). The molecule has 0 fully saturated rings. The van der Waals surface area contributed by atoms with Crippen molar-refractivity contribution in [3.63, 3.8) is 0 Å². The van der Waals surface area contributed by atoms with Gasteiger partial charge in [-0.05, 0) is 23.6 Å². The van der Waals surface area contributed by atoms with E-state index in [4.69, 9.17) is 10.8 Å². The molecule has 0 radical (unpaired) electrons. The molecule has 0 aliphatic carbocycles. The molecule has 1 unspecified atom stereocenters. The molecule has 0 spiro atoms. The molecule has 1 aromatic carbocycles. The fourth-order valence-electron chi connectivity index (χ4n) is 1.62. The molecule has 0 saturated carbocycles. The number of carbonyl (C=O) groups excluding carboxylic acids is 2. The first kappa shape index (κ1) is 15.5. The van der Waals surface area contributed by atoms with Gasteiger partial charge >= 0.3 is 12.0 Å². The lowest BCUT2D eigenvalue weighted by molar-refractivity contribution is -0.137. The molecule has 0 bridgehead atoms. The van der Waals surface area contributed by atoms with Gasteiger partial charge in [0.25, 0.3) is 0 Å². The highest BCUT2D eigenvalue weighted by molar-refractivity contribution is 5.91. The summed E-state index contributed by atoms with van der Waals surface area (Å²) in [4.78, 5) is 32.5. The van der Waals surface area contributed by atoms with Gasteiger partial charge in [-0.2, -0.15) is 0 Å². The summed E-state index contributed by atoms with van der Waals surface area (Å²) < 4.78 is 0. The summed E-state index contributed by atoms with van der Waals surface area (Å²) in [7, 11) is 0. The first-order valence-corrected chi connectivity index (χ1v) is 6.03. The monoisotopic (exact) mass is 279 g/mol. The molecule has 108 valence electrons. The van der Waals surface area contributed by atoms with E-state index in [0.29, 0.717) is 5.69 Å². The minimum atomic E-state index is -0.856. The number of primary amides is 1. The molecule has 0 aliphatic rings. The Morgan fingerprint density at radius 3 is 2.35 bits per heavy atom. The predicted octanol–water partition coefficient (Wildman–Crippen LogP) is 0.872. The average molecular weight is 279 g/mol. The maximum Gasteiger partial charge on any atom is 0.319 e. The number of carbonyl (C=O) groups is 3. The molecule has 20 heavy (non-hydrogen) atoms. The van der Waals surface area contributed by atoms with Crippen LogP contribution in [0.2, 0.25) is 0 Å². The van der Waals surface area contributed by atoms with E-state index >= 15 is 0 Å². The fourth-order valence-corrected chi connectivity index (χ4v) is 1.62. The van der Waals surface area contributed by atoms with Crippen LogP contribution in [0.3, 0.4) is 0 Å². The number of nitrogens with two attached hydrogens (primary N) is 1. The highest BCUT2D eigenvalue weighted by Gasteiger charge is 2.10. The van der Waals surface area contributed by atoms with Crippen LogP contribution in [0.5, 0.6) is 0 Å². The SMILES string of the molecule is CC(CC(=O)O)c1ccc(NC(=O)NCC(N)=O)cc1. The van der Waals surface area contributed by atoms with Gasteiger partial charge in [-0.15, -0.1) is 0 Å². The molecule has 3 amide bonds. The Labute approximate surface area is 116 Å². The van der Waals surface area contributed by atoms with E-state index in [9.17, 15) is 14.4 Å². The van der Waals surface area contributed by atoms with E-state index in [0.717, 1.165) is 5.56 Å². The van der Waals surface area contributed by atoms with Gasteiger partial charge in [0, 0.05) is 5.69 Å². The predicted molar refractivity (Wildman–Crippen MR) is 73.3 cm³/mol. The molecule has 1 aromatic rings. The van der Waals surface area contributed by atoms with Crippen LogP contribution in [0.15, 0.2) is 24.3 Å². The number of hydrogen-bond donors (Lipinski definition) is 4. The van der Waals surface area contributed by atoms with Crippen LogP contribution in [0, 0.1) is 0 Å². The number of hydrogen-bond acceptors (Lipinski definition) is 3. The zero-order valence-electron chi connectivity index (χ0n) is 11.1. The summed E-state index contributed by atoms with van der Waals surface area (Å²) in [5, 5.41) is 13.5. The molecule has 1 atom stereocenters. The number of nitrogens with one attached hydrogen (secondary N) is 2. The second-order valence-electron chi connectivity index (χ2n) is 4.39. The summed E-state index contributed by atoms with van der Waals surface area (Å²) in [5.41, 5.74) is 6.31. The molecular formula is C13H17N3O4. The molecule has 0 aliphatic heterocycles. The number of anilines is 1. The van der Waals surface area contributed by atoms with Crippen LogP contribution in [0.25, 0.3) is 0 Å². The normalized spacial score (nSPS) is 11.4. The Kier molecular flexibility index (Phi) is 5.52. The van der Waals surface area contributed by atoms with E-state index in [1.807, 2.05) is 6.92 Å². The van der Waals surface area contributed by atoms with Crippen molar-refractivity contribution in [2.24, 2.45) is 5.73 Å². The van der Waals surface area contributed by atoms with Crippen LogP contribution < -0.4 is 16.4 Å². The molecule has 0 saturated heterocycles. The van der Waals surface area contributed by atoms with Crippen molar-refractivity contribution in [2.45, 2.75) is 19.3 Å². The fraction of sp³-hybridized carbons (Fsp3) is 0.308. The first-order valence-electron chi connectivity index (χ1n) is 6.03. The smallest absolute Gasteiger partial charge is 0.319 e. The van der Waals surface area contributed by atoms with E-state index in [1.54, 1.807) is 24.3 Å². The second kappa shape index (κ2) is 7.13. The number of carboxylic acid groups (broad SMARTS) is 1. The van der Waals surface area contributed by atoms with Crippen molar-refractivity contribution < 1.29 is 19.5 Å². The summed E-state index contributed by atoms with van der Waals surface area (Å²) in [6.45, 7) is 1.58. The Hall–Kier alpha value is -2.57. The lowest BCUT2D eigenvalue weighted by Crippen LogP contribution is -2.36. The average Bonchev–Trinajstić information content (AvgIpc) is 2.36. The lowest BCUT2D eigenvalue weighted by atomic mass is 9.98. The summed E-state index contributed by atoms with van der Waals surface area (Å²) in [6.07, 6.45) is 0.0475. The molecule has 0 heterocycles. The van der Waals surface area contributed by atoms with Gasteiger partial charge in [-0.1, -0.05) is 19.1 Å². The van der Waals surface area contributed by atoms with E-state index in [-0.39, 0.29) is 18.9 Å². The second-order valence-corrected chi connectivity index (χ2v) is 4.39. The zero-order valence-corrected chi connectivity index (χ0v) is 11.1. The number of benzene rings is 1. The van der Waals surface area contributed by atoms with Gasteiger partial charge in [0.1, 0.15) is 0 Å². The minimum Gasteiger partial charge on any atom is -0.481 e. The molecule has 5 N–H and O–H groups in total. The number of urea groups is 1. The molecular weight excluding hydrogens is 262 g/mol. The molecule has 7 heteroatoms. The van der Waals surface area contributed by atoms with E-state index in [1.165, 1.54) is 0 Å². The van der Waals surface area contributed by atoms with Crippen LogP contribution in [-0.2, 0) is 9.59 Å². The van der Waals surface area contributed by atoms with Crippen LogP contribution in [0.4, 0.5) is 10.5 Å². The number of rotatable bonds is 6. The van der Waals surface area contributed by atoms with Crippen molar-refractivity contribution in [2.75, 3.05) is 11.9 Å². The van der Waals surface area contributed by atoms with Gasteiger partial charge in [-0.25, -0.2) is 4.79 Å². The number of aliphatic carboxylic acids is 1. The topological polar surface area (TPSA) is 122 Å². The third kappa shape index (κ3) is 5.38. The van der Waals surface area contributed by atoms with Crippen molar-refractivity contribution >= 4 is 23.6 Å². The highest BCUT2D eigenvalue weighted by atomic mass is 16.4. The first-order chi connectivity index (χ1) is 9.38. The minimum absolute atomic E-state index is 0.0475. The van der Waals surface area contributed by atoms with E-state index < -0.39 is 17.9 Å². The maximum absolute atomic E-state index is 11.4. The summed E-state index contributed by atoms with van der Waals surface area (Å²) in [5.74, 6) is -1.59. The van der Waals surface area contributed by atoms with Crippen molar-refractivity contribution in [3.05, 3.63) is 29.8 Å². The van der Waals surface area contributed by atoms with Gasteiger partial charge in [0.2, 0.25) is 5.91 Å². The van der Waals surface area contributed by atoms with Crippen molar-refractivity contribution in [3.8, 4) is 0 Å². The van der Waals surface area contributed by atoms with Crippen molar-refractivity contribution in [1.29, 1.82) is 0 Å². The third-order valence-corrected chi connectivity index (χ3v) is 2.64. The van der Waals surface area contributed by atoms with Crippen LogP contribution in [-0.4, -0.2) is 29.6 Å². The van der Waals surface area contributed by atoms with Gasteiger partial charge in [0.05, 0.1) is 13.0 Å². The van der Waals surface area contributed by atoms with Crippen LogP contribution in [0.1, 0.15) is 24.8 Å². The largest absolute Gasteiger partial charge is 0.481 e. The highest BCUT2D eigenvalue weighted by Crippen LogP contribution is 2.20. The van der Waals surface area contributed by atoms with Gasteiger partial charge in [0.15, 0.2) is 0 Å². The van der Waals surface area contributed by atoms with Crippen LogP contribution >= 0.6 is 0 Å². The van der Waals surface area contributed by atoms with Gasteiger partial charge in [-0.3, -0.25) is 9.59 Å². The lowest BCUT2D eigenvalue weighted by Gasteiger charge is -2.11. The molecule has 0 aromatic heterocycles. The molecule has 1 rings (SSSR count). The Bertz CT molecular complexity index is 499. The Balaban J connectivity index is 2.56. The Morgan fingerprint density at radius 2 is 1.85 bits per heavy atom. The maximum atomic E-state index is 11.4. The molecule has 7 nitrogen and oxygen atoms in total. The quantitative estimate of drug-likeness (QED) is 0.617. The summed E-state index contributed by atoms with van der Waals surface area (Å²) in [6, 6.07) is 6.29. The summed E-state index contributed by atoms with van der Waals surface area (Å²) >= 11 is 0.